The summed E-state index contributed by atoms with van der Waals surface area (Å²) in [4.78, 5) is 14.0. The Morgan fingerprint density at radius 2 is 2.05 bits per heavy atom. The van der Waals surface area contributed by atoms with Crippen molar-refractivity contribution in [3.8, 4) is 0 Å². The fraction of sp³-hybridized carbons (Fsp3) is 0.500. The molecule has 0 amide bonds. The molecule has 1 aromatic carbocycles. The first-order valence-electron chi connectivity index (χ1n) is 6.45. The molecule has 0 fully saturated rings. The number of ether oxygens (including phenoxy) is 1. The van der Waals surface area contributed by atoms with Crippen molar-refractivity contribution in [2.75, 3.05) is 7.11 Å². The fourth-order valence-electron chi connectivity index (χ4n) is 2.05. The van der Waals surface area contributed by atoms with Crippen molar-refractivity contribution in [3.63, 3.8) is 0 Å². The average Bonchev–Trinajstić information content (AvgIpc) is 2.49. The van der Waals surface area contributed by atoms with Gasteiger partial charge in [0.1, 0.15) is 0 Å². The van der Waals surface area contributed by atoms with Crippen molar-refractivity contribution in [2.24, 2.45) is 11.0 Å². The molecule has 20 heavy (non-hydrogen) atoms. The van der Waals surface area contributed by atoms with Gasteiger partial charge in [0.25, 0.3) is 0 Å². The lowest BCUT2D eigenvalue weighted by atomic mass is 9.90. The van der Waals surface area contributed by atoms with Gasteiger partial charge in [-0.05, 0) is 29.9 Å². The fourth-order valence-corrected chi connectivity index (χ4v) is 2.05. The van der Waals surface area contributed by atoms with Crippen LogP contribution >= 0.6 is 0 Å². The molecule has 108 valence electrons. The number of hydrogen-bond acceptors (Lipinski definition) is 4. The van der Waals surface area contributed by atoms with Gasteiger partial charge >= 0.3 is 5.97 Å². The molecule has 0 aliphatic heterocycles. The van der Waals surface area contributed by atoms with E-state index in [1.165, 1.54) is 7.11 Å². The summed E-state index contributed by atoms with van der Waals surface area (Å²) in [5.74, 6) is -0.634. The number of benzene rings is 1. The number of nitrogens with zero attached hydrogens (tertiary/aromatic N) is 3. The maximum atomic E-state index is 11.1. The van der Waals surface area contributed by atoms with Crippen molar-refractivity contribution >= 4 is 5.97 Å². The van der Waals surface area contributed by atoms with Gasteiger partial charge in [-0.3, -0.25) is 0 Å². The van der Waals surface area contributed by atoms with Crippen molar-refractivity contribution in [3.05, 3.63) is 46.3 Å². The largest absolute Gasteiger partial charge is 0.467 e. The zero-order valence-electron chi connectivity index (χ0n) is 11.6. The Kier molecular flexibility index (Phi) is 6.56. The maximum Gasteiger partial charge on any atom is 0.334 e. The topological polar surface area (TPSA) is 95.3 Å². The summed E-state index contributed by atoms with van der Waals surface area (Å²) in [6, 6.07) is 9.13. The number of carbonyl (C=O) groups is 1. The molecule has 0 saturated carbocycles. The molecule has 0 aliphatic carbocycles. The summed E-state index contributed by atoms with van der Waals surface area (Å²) >= 11 is 0. The molecule has 1 aromatic rings. The summed E-state index contributed by atoms with van der Waals surface area (Å²) < 4.78 is 4.47. The van der Waals surface area contributed by atoms with Gasteiger partial charge in [0.15, 0.2) is 6.10 Å². The number of esters is 1. The minimum absolute atomic E-state index is 0.00704. The van der Waals surface area contributed by atoms with Gasteiger partial charge in [-0.2, -0.15) is 0 Å². The van der Waals surface area contributed by atoms with Crippen LogP contribution in [0.3, 0.4) is 0 Å². The molecule has 0 saturated heterocycles. The smallest absolute Gasteiger partial charge is 0.334 e. The molecule has 0 spiro atoms. The van der Waals surface area contributed by atoms with E-state index in [9.17, 15) is 9.90 Å². The molecular formula is C14H19N3O3. The number of hydrogen-bond donors (Lipinski definition) is 1. The average molecular weight is 277 g/mol. The molecule has 0 radical (unpaired) electrons. The standard InChI is InChI=1S/C14H19N3O3/c1-10(8-9-12(18)14(19)20-2)13(16-17-15)11-6-4-3-5-7-11/h3-7,10,12-13,18H,8-9H2,1-2H3/t10-,12-,13+/m0/s1. The normalized spacial score (nSPS) is 14.8. The Balaban J connectivity index is 2.69. The molecule has 1 rings (SSSR count). The van der Waals surface area contributed by atoms with Crippen LogP contribution in [-0.4, -0.2) is 24.3 Å². The van der Waals surface area contributed by atoms with Crippen LogP contribution in [0.2, 0.25) is 0 Å². The molecule has 6 nitrogen and oxygen atoms in total. The Bertz CT molecular complexity index is 472. The Morgan fingerprint density at radius 1 is 1.40 bits per heavy atom. The first-order valence-corrected chi connectivity index (χ1v) is 6.45. The SMILES string of the molecule is COC(=O)[C@@H](O)CC[C@H](C)[C@@H](N=[N+]=[N-])c1ccccc1. The Hall–Kier alpha value is -2.04. The molecule has 0 aliphatic rings. The van der Waals surface area contributed by atoms with Crippen LogP contribution in [0.1, 0.15) is 31.4 Å². The van der Waals surface area contributed by atoms with E-state index in [1.54, 1.807) is 0 Å². The number of aliphatic hydroxyl groups excluding tert-OH is 1. The highest BCUT2D eigenvalue weighted by molar-refractivity contribution is 5.74. The molecule has 0 unspecified atom stereocenters. The second-order valence-electron chi connectivity index (χ2n) is 4.65. The Labute approximate surface area is 118 Å². The quantitative estimate of drug-likeness (QED) is 0.359. The van der Waals surface area contributed by atoms with E-state index in [0.29, 0.717) is 6.42 Å². The van der Waals surface area contributed by atoms with E-state index in [4.69, 9.17) is 5.53 Å². The third-order valence-electron chi connectivity index (χ3n) is 3.22. The van der Waals surface area contributed by atoms with E-state index in [1.807, 2.05) is 37.3 Å². The zero-order valence-corrected chi connectivity index (χ0v) is 11.6. The van der Waals surface area contributed by atoms with Crippen molar-refractivity contribution in [2.45, 2.75) is 31.9 Å². The van der Waals surface area contributed by atoms with Gasteiger partial charge < -0.3 is 9.84 Å². The van der Waals surface area contributed by atoms with Crippen LogP contribution in [0, 0.1) is 5.92 Å². The Morgan fingerprint density at radius 3 is 2.60 bits per heavy atom. The van der Waals surface area contributed by atoms with Crippen LogP contribution in [0.5, 0.6) is 0 Å². The lowest BCUT2D eigenvalue weighted by molar-refractivity contribution is -0.150. The highest BCUT2D eigenvalue weighted by Crippen LogP contribution is 2.29. The van der Waals surface area contributed by atoms with Crippen LogP contribution in [0.25, 0.3) is 10.4 Å². The second-order valence-corrected chi connectivity index (χ2v) is 4.65. The summed E-state index contributed by atoms with van der Waals surface area (Å²) in [5, 5.41) is 13.4. The van der Waals surface area contributed by atoms with E-state index < -0.39 is 12.1 Å². The number of rotatable bonds is 7. The van der Waals surface area contributed by atoms with E-state index in [-0.39, 0.29) is 18.4 Å². The lowest BCUT2D eigenvalue weighted by Crippen LogP contribution is -2.23. The number of methoxy groups -OCH3 is 1. The van der Waals surface area contributed by atoms with E-state index in [0.717, 1.165) is 5.56 Å². The minimum Gasteiger partial charge on any atom is -0.467 e. The van der Waals surface area contributed by atoms with Crippen molar-refractivity contribution < 1.29 is 14.6 Å². The second kappa shape index (κ2) is 8.19. The molecule has 6 heteroatoms. The summed E-state index contributed by atoms with van der Waals surface area (Å²) in [7, 11) is 1.24. The first kappa shape index (κ1) is 16.0. The number of carbonyl (C=O) groups excluding carboxylic acids is 1. The highest BCUT2D eigenvalue weighted by Gasteiger charge is 2.21. The molecule has 0 aromatic heterocycles. The summed E-state index contributed by atoms with van der Waals surface area (Å²) in [6.45, 7) is 1.93. The highest BCUT2D eigenvalue weighted by atomic mass is 16.5. The van der Waals surface area contributed by atoms with Gasteiger partial charge in [-0.1, -0.05) is 42.4 Å². The predicted molar refractivity (Wildman–Crippen MR) is 74.7 cm³/mol. The third-order valence-corrected chi connectivity index (χ3v) is 3.22. The van der Waals surface area contributed by atoms with E-state index in [2.05, 4.69) is 14.8 Å². The van der Waals surface area contributed by atoms with Gasteiger partial charge in [0, 0.05) is 4.91 Å². The molecule has 0 heterocycles. The van der Waals surface area contributed by atoms with Gasteiger partial charge in [-0.25, -0.2) is 4.79 Å². The summed E-state index contributed by atoms with van der Waals surface area (Å²) in [6.07, 6.45) is -0.308. The van der Waals surface area contributed by atoms with Crippen LogP contribution in [-0.2, 0) is 9.53 Å². The first-order chi connectivity index (χ1) is 9.60. The van der Waals surface area contributed by atoms with Crippen molar-refractivity contribution in [1.82, 2.24) is 0 Å². The van der Waals surface area contributed by atoms with Crippen LogP contribution < -0.4 is 0 Å². The minimum atomic E-state index is -1.13. The lowest BCUT2D eigenvalue weighted by Gasteiger charge is -2.20. The van der Waals surface area contributed by atoms with Crippen LogP contribution in [0.4, 0.5) is 0 Å². The molecule has 3 atom stereocenters. The van der Waals surface area contributed by atoms with Crippen LogP contribution in [0.15, 0.2) is 35.4 Å². The molecule has 0 bridgehead atoms. The van der Waals surface area contributed by atoms with Gasteiger partial charge in [-0.15, -0.1) is 0 Å². The maximum absolute atomic E-state index is 11.1. The summed E-state index contributed by atoms with van der Waals surface area (Å²) in [5.41, 5.74) is 9.61. The number of azide groups is 1. The molecule has 1 N–H and O–H groups in total. The number of aliphatic hydroxyl groups is 1. The zero-order chi connectivity index (χ0) is 15.0. The third kappa shape index (κ3) is 4.57. The van der Waals surface area contributed by atoms with E-state index >= 15 is 0 Å². The van der Waals surface area contributed by atoms with Gasteiger partial charge in [0.05, 0.1) is 13.2 Å². The van der Waals surface area contributed by atoms with Gasteiger partial charge in [0.2, 0.25) is 0 Å². The van der Waals surface area contributed by atoms with Crippen molar-refractivity contribution in [1.29, 1.82) is 0 Å². The molecular weight excluding hydrogens is 258 g/mol. The monoisotopic (exact) mass is 277 g/mol. The predicted octanol–water partition coefficient (Wildman–Crippen LogP) is 2.99.